The summed E-state index contributed by atoms with van der Waals surface area (Å²) in [7, 11) is 0. The van der Waals surface area contributed by atoms with Crippen LogP contribution < -0.4 is 4.74 Å². The van der Waals surface area contributed by atoms with E-state index in [0.717, 1.165) is 31.4 Å². The molecule has 32 heavy (non-hydrogen) atoms. The van der Waals surface area contributed by atoms with Crippen molar-refractivity contribution < 1.29 is 27.4 Å². The van der Waals surface area contributed by atoms with Crippen molar-refractivity contribution in [2.45, 2.75) is 58.4 Å². The van der Waals surface area contributed by atoms with E-state index in [4.69, 9.17) is 9.47 Å². The number of alkyl halides is 3. The zero-order chi connectivity index (χ0) is 23.4. The Morgan fingerprint density at radius 3 is 2.03 bits per heavy atom. The van der Waals surface area contributed by atoms with Gasteiger partial charge in [-0.15, -0.1) is 0 Å². The van der Waals surface area contributed by atoms with E-state index in [2.05, 4.69) is 0 Å². The quantitative estimate of drug-likeness (QED) is 0.525. The molecule has 2 aromatic rings. The minimum Gasteiger partial charge on any atom is -0.489 e. The molecule has 1 saturated heterocycles. The van der Waals surface area contributed by atoms with Gasteiger partial charge in [-0.3, -0.25) is 0 Å². The van der Waals surface area contributed by atoms with Crippen molar-refractivity contribution in [3.05, 3.63) is 65.2 Å². The third-order valence-electron chi connectivity index (χ3n) is 5.40. The van der Waals surface area contributed by atoms with E-state index in [0.29, 0.717) is 30.3 Å². The topological polar surface area (TPSA) is 38.8 Å². The van der Waals surface area contributed by atoms with Crippen LogP contribution in [0.15, 0.2) is 48.5 Å². The molecule has 1 amide bonds. The van der Waals surface area contributed by atoms with Crippen LogP contribution in [0.2, 0.25) is 0 Å². The molecule has 0 spiro atoms. The molecule has 0 unspecified atom stereocenters. The lowest BCUT2D eigenvalue weighted by Gasteiger charge is -2.33. The SMILES string of the molecule is CC(C)(C)OC(=O)N1CCC(Cc2ccc(OCc3ccc(C(F)(F)F)cc3)cc2)CC1. The first-order valence-corrected chi connectivity index (χ1v) is 10.9. The van der Waals surface area contributed by atoms with Crippen LogP contribution in [-0.2, 0) is 23.9 Å². The summed E-state index contributed by atoms with van der Waals surface area (Å²) in [5.41, 5.74) is 0.730. The molecule has 0 atom stereocenters. The Bertz CT molecular complexity index is 879. The van der Waals surface area contributed by atoms with E-state index in [1.807, 2.05) is 45.0 Å². The zero-order valence-corrected chi connectivity index (χ0v) is 18.7. The van der Waals surface area contributed by atoms with Crippen LogP contribution in [-0.4, -0.2) is 29.7 Å². The van der Waals surface area contributed by atoms with Gasteiger partial charge in [0.2, 0.25) is 0 Å². The van der Waals surface area contributed by atoms with Gasteiger partial charge < -0.3 is 14.4 Å². The van der Waals surface area contributed by atoms with Gasteiger partial charge in [0.05, 0.1) is 5.56 Å². The largest absolute Gasteiger partial charge is 0.489 e. The van der Waals surface area contributed by atoms with Crippen LogP contribution in [0, 0.1) is 5.92 Å². The molecule has 7 heteroatoms. The van der Waals surface area contributed by atoms with E-state index in [1.165, 1.54) is 17.7 Å². The summed E-state index contributed by atoms with van der Waals surface area (Å²) in [6, 6.07) is 12.8. The standard InChI is InChI=1S/C25H30F3NO3/c1-24(2,3)32-23(30)29-14-12-19(13-15-29)16-18-6-10-22(11-7-18)31-17-20-4-8-21(9-5-20)25(26,27)28/h4-11,19H,12-17H2,1-3H3. The van der Waals surface area contributed by atoms with Crippen molar-refractivity contribution in [2.75, 3.05) is 13.1 Å². The van der Waals surface area contributed by atoms with Crippen molar-refractivity contribution in [3.63, 3.8) is 0 Å². The molecule has 1 fully saturated rings. The fourth-order valence-corrected chi connectivity index (χ4v) is 3.66. The summed E-state index contributed by atoms with van der Waals surface area (Å²) in [6.07, 6.45) is -1.77. The van der Waals surface area contributed by atoms with E-state index >= 15 is 0 Å². The lowest BCUT2D eigenvalue weighted by molar-refractivity contribution is -0.137. The second-order valence-electron chi connectivity index (χ2n) is 9.24. The average Bonchev–Trinajstić information content (AvgIpc) is 2.72. The minimum absolute atomic E-state index is 0.209. The molecule has 0 bridgehead atoms. The molecule has 0 N–H and O–H groups in total. The van der Waals surface area contributed by atoms with Gasteiger partial charge in [0, 0.05) is 13.1 Å². The van der Waals surface area contributed by atoms with E-state index in [-0.39, 0.29) is 12.7 Å². The number of halogens is 3. The Hall–Kier alpha value is -2.70. The molecule has 0 aliphatic carbocycles. The lowest BCUT2D eigenvalue weighted by atomic mass is 9.90. The molecule has 2 aromatic carbocycles. The highest BCUT2D eigenvalue weighted by Gasteiger charge is 2.30. The number of likely N-dealkylation sites (tertiary alicyclic amines) is 1. The molecule has 1 heterocycles. The normalized spacial score (nSPS) is 15.5. The first kappa shape index (κ1) is 24.0. The molecule has 1 aliphatic heterocycles. The molecule has 174 valence electrons. The zero-order valence-electron chi connectivity index (χ0n) is 18.7. The summed E-state index contributed by atoms with van der Waals surface area (Å²) in [5.74, 6) is 1.18. The van der Waals surface area contributed by atoms with Gasteiger partial charge in [0.1, 0.15) is 18.0 Å². The maximum Gasteiger partial charge on any atom is 0.416 e. The maximum absolute atomic E-state index is 12.6. The van der Waals surface area contributed by atoms with Gasteiger partial charge in [-0.2, -0.15) is 13.2 Å². The molecular weight excluding hydrogens is 419 g/mol. The number of nitrogens with zero attached hydrogens (tertiary/aromatic N) is 1. The predicted molar refractivity (Wildman–Crippen MR) is 116 cm³/mol. The number of benzene rings is 2. The van der Waals surface area contributed by atoms with Crippen molar-refractivity contribution in [2.24, 2.45) is 5.92 Å². The predicted octanol–water partition coefficient (Wildman–Crippen LogP) is 6.47. The Kier molecular flexibility index (Phi) is 7.36. The van der Waals surface area contributed by atoms with Crippen LogP contribution in [0.4, 0.5) is 18.0 Å². The van der Waals surface area contributed by atoms with Gasteiger partial charge in [0.25, 0.3) is 0 Å². The number of rotatable bonds is 5. The van der Waals surface area contributed by atoms with Gasteiger partial charge in [0.15, 0.2) is 0 Å². The maximum atomic E-state index is 12.6. The highest BCUT2D eigenvalue weighted by molar-refractivity contribution is 5.68. The van der Waals surface area contributed by atoms with Crippen molar-refractivity contribution >= 4 is 6.09 Å². The highest BCUT2D eigenvalue weighted by atomic mass is 19.4. The molecule has 0 radical (unpaired) electrons. The van der Waals surface area contributed by atoms with Gasteiger partial charge in [-0.05, 0) is 81.3 Å². The number of carbonyl (C=O) groups excluding carboxylic acids is 1. The number of hydrogen-bond acceptors (Lipinski definition) is 3. The Labute approximate surface area is 187 Å². The molecule has 3 rings (SSSR count). The van der Waals surface area contributed by atoms with Crippen molar-refractivity contribution in [3.8, 4) is 5.75 Å². The Morgan fingerprint density at radius 2 is 1.50 bits per heavy atom. The second kappa shape index (κ2) is 9.84. The van der Waals surface area contributed by atoms with E-state index < -0.39 is 17.3 Å². The number of piperidine rings is 1. The van der Waals surface area contributed by atoms with Gasteiger partial charge >= 0.3 is 12.3 Å². The van der Waals surface area contributed by atoms with Crippen LogP contribution in [0.5, 0.6) is 5.75 Å². The first-order valence-electron chi connectivity index (χ1n) is 10.9. The molecular formula is C25H30F3NO3. The monoisotopic (exact) mass is 449 g/mol. The third kappa shape index (κ3) is 7.18. The fraction of sp³-hybridized carbons (Fsp3) is 0.480. The second-order valence-corrected chi connectivity index (χ2v) is 9.24. The molecule has 4 nitrogen and oxygen atoms in total. The average molecular weight is 450 g/mol. The smallest absolute Gasteiger partial charge is 0.416 e. The number of hydrogen-bond donors (Lipinski definition) is 0. The van der Waals surface area contributed by atoms with Crippen molar-refractivity contribution in [1.82, 2.24) is 4.90 Å². The van der Waals surface area contributed by atoms with E-state index in [1.54, 1.807) is 4.90 Å². The minimum atomic E-state index is -4.33. The van der Waals surface area contributed by atoms with Gasteiger partial charge in [-0.1, -0.05) is 24.3 Å². The summed E-state index contributed by atoms with van der Waals surface area (Å²) in [6.45, 7) is 7.22. The van der Waals surface area contributed by atoms with E-state index in [9.17, 15) is 18.0 Å². The molecule has 1 aliphatic rings. The van der Waals surface area contributed by atoms with Crippen LogP contribution in [0.25, 0.3) is 0 Å². The summed E-state index contributed by atoms with van der Waals surface area (Å²) in [4.78, 5) is 14.0. The van der Waals surface area contributed by atoms with Crippen molar-refractivity contribution in [1.29, 1.82) is 0 Å². The third-order valence-corrected chi connectivity index (χ3v) is 5.40. The van der Waals surface area contributed by atoms with Crippen LogP contribution >= 0.6 is 0 Å². The number of ether oxygens (including phenoxy) is 2. The molecule has 0 saturated carbocycles. The number of amides is 1. The van der Waals surface area contributed by atoms with Crippen LogP contribution in [0.3, 0.4) is 0 Å². The highest BCUT2D eigenvalue weighted by Crippen LogP contribution is 2.29. The number of carbonyl (C=O) groups is 1. The first-order chi connectivity index (χ1) is 15.0. The Morgan fingerprint density at radius 1 is 0.938 bits per heavy atom. The molecule has 0 aromatic heterocycles. The lowest BCUT2D eigenvalue weighted by Crippen LogP contribution is -2.42. The summed E-state index contributed by atoms with van der Waals surface area (Å²) < 4.78 is 49.1. The fourth-order valence-electron chi connectivity index (χ4n) is 3.66. The summed E-state index contributed by atoms with van der Waals surface area (Å²) >= 11 is 0. The summed E-state index contributed by atoms with van der Waals surface area (Å²) in [5, 5.41) is 0. The van der Waals surface area contributed by atoms with Crippen LogP contribution in [0.1, 0.15) is 50.3 Å². The Balaban J connectivity index is 1.44. The van der Waals surface area contributed by atoms with Gasteiger partial charge in [-0.25, -0.2) is 4.79 Å².